The number of para-hydroxylation sites is 2. The molecule has 0 aliphatic rings. The molecule has 0 atom stereocenters. The maximum Gasteiger partial charge on any atom is 0.423 e. The van der Waals surface area contributed by atoms with Crippen LogP contribution in [0, 0.1) is 6.92 Å². The van der Waals surface area contributed by atoms with Crippen molar-refractivity contribution in [1.82, 2.24) is 9.97 Å². The van der Waals surface area contributed by atoms with Crippen molar-refractivity contribution in [2.24, 2.45) is 0 Å². The highest BCUT2D eigenvalue weighted by molar-refractivity contribution is 5.61. The third-order valence-corrected chi connectivity index (χ3v) is 3.78. The molecule has 3 aromatic rings. The fourth-order valence-electron chi connectivity index (χ4n) is 2.44. The molecule has 26 heavy (non-hydrogen) atoms. The van der Waals surface area contributed by atoms with Crippen molar-refractivity contribution in [2.75, 3.05) is 11.9 Å². The predicted octanol–water partition coefficient (Wildman–Crippen LogP) is 5.36. The number of anilines is 2. The lowest BCUT2D eigenvalue weighted by atomic mass is 10.2. The average molecular weight is 359 g/mol. The molecule has 2 aromatic carbocycles. The molecule has 0 radical (unpaired) electrons. The Hall–Kier alpha value is -3.09. The first-order valence-electron chi connectivity index (χ1n) is 7.83. The summed E-state index contributed by atoms with van der Waals surface area (Å²) < 4.78 is 45.3. The number of alkyl halides is 3. The molecule has 0 fully saturated rings. The molecule has 7 heteroatoms. The zero-order valence-corrected chi connectivity index (χ0v) is 14.2. The fourth-order valence-corrected chi connectivity index (χ4v) is 2.44. The van der Waals surface area contributed by atoms with E-state index in [0.29, 0.717) is 0 Å². The van der Waals surface area contributed by atoms with Gasteiger partial charge in [-0.05, 0) is 30.7 Å². The molecule has 0 saturated heterocycles. The van der Waals surface area contributed by atoms with Gasteiger partial charge in [-0.1, -0.05) is 36.4 Å². The minimum atomic E-state index is -4.62. The van der Waals surface area contributed by atoms with E-state index < -0.39 is 17.6 Å². The van der Waals surface area contributed by atoms with Gasteiger partial charge in [0.2, 0.25) is 11.8 Å². The number of rotatable bonds is 4. The van der Waals surface area contributed by atoms with Crippen LogP contribution < -0.4 is 9.64 Å². The summed E-state index contributed by atoms with van der Waals surface area (Å²) in [4.78, 5) is 9.52. The average Bonchev–Trinajstić information content (AvgIpc) is 2.61. The molecular formula is C19H16F3N3O. The highest BCUT2D eigenvalue weighted by atomic mass is 19.4. The first-order chi connectivity index (χ1) is 12.4. The zero-order valence-electron chi connectivity index (χ0n) is 14.2. The molecule has 4 nitrogen and oxygen atoms in total. The Balaban J connectivity index is 2.03. The van der Waals surface area contributed by atoms with Gasteiger partial charge in [-0.3, -0.25) is 0 Å². The standard InChI is InChI=1S/C19H16F3N3O/c1-13-8-6-7-11-16(13)25(2)18-23-12-15(19(20,21)22)17(24-18)26-14-9-4-3-5-10-14/h3-12H,1-2H3. The van der Waals surface area contributed by atoms with Crippen LogP contribution in [0.3, 0.4) is 0 Å². The van der Waals surface area contributed by atoms with E-state index in [2.05, 4.69) is 9.97 Å². The summed E-state index contributed by atoms with van der Waals surface area (Å²) in [6.07, 6.45) is -3.88. The number of halogens is 3. The number of aromatic nitrogens is 2. The van der Waals surface area contributed by atoms with Crippen molar-refractivity contribution in [3.63, 3.8) is 0 Å². The van der Waals surface area contributed by atoms with E-state index in [-0.39, 0.29) is 11.7 Å². The van der Waals surface area contributed by atoms with Gasteiger partial charge in [0.25, 0.3) is 0 Å². The molecular weight excluding hydrogens is 343 g/mol. The molecule has 1 heterocycles. The SMILES string of the molecule is Cc1ccccc1N(C)c1ncc(C(F)(F)F)c(Oc2ccccc2)n1. The Bertz CT molecular complexity index is 898. The van der Waals surface area contributed by atoms with Crippen molar-refractivity contribution >= 4 is 11.6 Å². The maximum absolute atomic E-state index is 13.3. The lowest BCUT2D eigenvalue weighted by Gasteiger charge is -2.21. The first-order valence-corrected chi connectivity index (χ1v) is 7.83. The molecule has 0 unspecified atom stereocenters. The Morgan fingerprint density at radius 1 is 0.962 bits per heavy atom. The number of hydrogen-bond donors (Lipinski definition) is 0. The monoisotopic (exact) mass is 359 g/mol. The maximum atomic E-state index is 13.3. The number of ether oxygens (including phenoxy) is 1. The second-order valence-corrected chi connectivity index (χ2v) is 5.65. The van der Waals surface area contributed by atoms with Gasteiger partial charge in [0.05, 0.1) is 0 Å². The summed E-state index contributed by atoms with van der Waals surface area (Å²) in [7, 11) is 1.69. The summed E-state index contributed by atoms with van der Waals surface area (Å²) in [6.45, 7) is 1.90. The number of benzene rings is 2. The van der Waals surface area contributed by atoms with Crippen LogP contribution in [-0.4, -0.2) is 17.0 Å². The molecule has 0 spiro atoms. The topological polar surface area (TPSA) is 38.2 Å². The van der Waals surface area contributed by atoms with Gasteiger partial charge in [0.15, 0.2) is 0 Å². The van der Waals surface area contributed by atoms with Gasteiger partial charge in [0.1, 0.15) is 11.3 Å². The molecule has 0 N–H and O–H groups in total. The minimum Gasteiger partial charge on any atom is -0.438 e. The van der Waals surface area contributed by atoms with Crippen LogP contribution in [0.25, 0.3) is 0 Å². The van der Waals surface area contributed by atoms with Crippen LogP contribution >= 0.6 is 0 Å². The molecule has 3 rings (SSSR count). The van der Waals surface area contributed by atoms with E-state index in [1.165, 1.54) is 0 Å². The lowest BCUT2D eigenvalue weighted by Crippen LogP contribution is -2.17. The van der Waals surface area contributed by atoms with Gasteiger partial charge in [0, 0.05) is 18.9 Å². The summed E-state index contributed by atoms with van der Waals surface area (Å²) in [5.74, 6) is -0.159. The second kappa shape index (κ2) is 7.03. The summed E-state index contributed by atoms with van der Waals surface area (Å²) >= 11 is 0. The van der Waals surface area contributed by atoms with E-state index in [1.807, 2.05) is 31.2 Å². The highest BCUT2D eigenvalue weighted by Gasteiger charge is 2.36. The Labute approximate surface area is 148 Å². The Morgan fingerprint density at radius 3 is 2.27 bits per heavy atom. The van der Waals surface area contributed by atoms with Crippen LogP contribution in [0.15, 0.2) is 60.8 Å². The van der Waals surface area contributed by atoms with Gasteiger partial charge in [-0.15, -0.1) is 0 Å². The van der Waals surface area contributed by atoms with Crippen molar-refractivity contribution in [2.45, 2.75) is 13.1 Å². The van der Waals surface area contributed by atoms with Gasteiger partial charge < -0.3 is 9.64 Å². The van der Waals surface area contributed by atoms with Crippen LogP contribution in [0.2, 0.25) is 0 Å². The smallest absolute Gasteiger partial charge is 0.423 e. The fraction of sp³-hybridized carbons (Fsp3) is 0.158. The van der Waals surface area contributed by atoms with Crippen molar-refractivity contribution in [3.8, 4) is 11.6 Å². The van der Waals surface area contributed by atoms with Crippen LogP contribution in [-0.2, 0) is 6.18 Å². The lowest BCUT2D eigenvalue weighted by molar-refractivity contribution is -0.139. The number of nitrogens with zero attached hydrogens (tertiary/aromatic N) is 3. The molecule has 0 bridgehead atoms. The third-order valence-electron chi connectivity index (χ3n) is 3.78. The summed E-state index contributed by atoms with van der Waals surface area (Å²) in [5.41, 5.74) is 0.713. The van der Waals surface area contributed by atoms with E-state index in [9.17, 15) is 13.2 Å². The molecule has 0 aliphatic carbocycles. The summed E-state index contributed by atoms with van der Waals surface area (Å²) in [6, 6.07) is 15.7. The van der Waals surface area contributed by atoms with E-state index in [1.54, 1.807) is 42.3 Å². The second-order valence-electron chi connectivity index (χ2n) is 5.65. The zero-order chi connectivity index (χ0) is 18.7. The molecule has 0 aliphatic heterocycles. The Morgan fingerprint density at radius 2 is 1.62 bits per heavy atom. The van der Waals surface area contributed by atoms with Gasteiger partial charge in [-0.2, -0.15) is 18.2 Å². The molecule has 0 amide bonds. The predicted molar refractivity (Wildman–Crippen MR) is 92.8 cm³/mol. The normalized spacial score (nSPS) is 11.3. The van der Waals surface area contributed by atoms with Crippen LogP contribution in [0.4, 0.5) is 24.8 Å². The highest BCUT2D eigenvalue weighted by Crippen LogP contribution is 2.38. The van der Waals surface area contributed by atoms with Crippen molar-refractivity contribution < 1.29 is 17.9 Å². The minimum absolute atomic E-state index is 0.109. The number of hydrogen-bond acceptors (Lipinski definition) is 4. The molecule has 1 aromatic heterocycles. The van der Waals surface area contributed by atoms with Crippen molar-refractivity contribution in [1.29, 1.82) is 0 Å². The third kappa shape index (κ3) is 3.77. The first kappa shape index (κ1) is 17.7. The van der Waals surface area contributed by atoms with Crippen LogP contribution in [0.1, 0.15) is 11.1 Å². The van der Waals surface area contributed by atoms with Crippen LogP contribution in [0.5, 0.6) is 11.6 Å². The largest absolute Gasteiger partial charge is 0.438 e. The molecule has 134 valence electrons. The van der Waals surface area contributed by atoms with E-state index in [4.69, 9.17) is 4.74 Å². The van der Waals surface area contributed by atoms with E-state index in [0.717, 1.165) is 17.4 Å². The van der Waals surface area contributed by atoms with Gasteiger partial charge in [-0.25, -0.2) is 4.98 Å². The Kier molecular flexibility index (Phi) is 4.79. The molecule has 0 saturated carbocycles. The summed E-state index contributed by atoms with van der Waals surface area (Å²) in [5, 5.41) is 0. The van der Waals surface area contributed by atoms with Crippen molar-refractivity contribution in [3.05, 3.63) is 71.9 Å². The van der Waals surface area contributed by atoms with E-state index >= 15 is 0 Å². The van der Waals surface area contributed by atoms with Gasteiger partial charge >= 0.3 is 6.18 Å². The quantitative estimate of drug-likeness (QED) is 0.628. The number of aryl methyl sites for hydroxylation is 1.